The predicted octanol–water partition coefficient (Wildman–Crippen LogP) is 1.56. The van der Waals surface area contributed by atoms with Crippen molar-refractivity contribution in [3.63, 3.8) is 0 Å². The minimum atomic E-state index is -1.00. The lowest BCUT2D eigenvalue weighted by Gasteiger charge is -2.36. The van der Waals surface area contributed by atoms with Crippen LogP contribution < -0.4 is 20.3 Å². The number of piperazine rings is 1. The lowest BCUT2D eigenvalue weighted by Crippen LogP contribution is -2.54. The van der Waals surface area contributed by atoms with Crippen LogP contribution in [0.1, 0.15) is 69.6 Å². The molecule has 6 rings (SSSR count). The Balaban J connectivity index is 0.933. The smallest absolute Gasteiger partial charge is 0.264 e. The van der Waals surface area contributed by atoms with Crippen LogP contribution in [0.4, 0.5) is 10.1 Å². The number of benzene rings is 2. The number of ether oxygens (including phenoxy) is 1. The number of fused-ring (bicyclic) bond motifs is 1. The number of hydrogen-bond donors (Lipinski definition) is 2. The summed E-state index contributed by atoms with van der Waals surface area (Å²) in [7, 11) is 1.45. The highest BCUT2D eigenvalue weighted by atomic mass is 19.1. The second-order valence-corrected chi connectivity index (χ2v) is 12.6. The van der Waals surface area contributed by atoms with Gasteiger partial charge >= 0.3 is 0 Å². The van der Waals surface area contributed by atoms with E-state index in [9.17, 15) is 33.2 Å². The second-order valence-electron chi connectivity index (χ2n) is 12.6. The Bertz CT molecular complexity index is 1640. The summed E-state index contributed by atoms with van der Waals surface area (Å²) in [5.74, 6) is -2.80. The standard InChI is InChI=1S/C34H39FN6O7/c1-48-22-8-9-25(35)24(19-22)31(44)36-21-12-14-40(20-21)29(43)7-2-3-13-38-15-17-39(18-16-38)26-6-4-5-23-30(26)34(47)41(33(23)46)27-10-11-28(42)37-32(27)45/h4-6,8-9,19,21,27H,2-3,7,10-18,20H2,1H3,(H,36,44)(H,37,42,45)/t21-,27-/m1/s1. The SMILES string of the molecule is COc1ccc(F)c(C(=O)N[C@@H]2CCN(C(=O)CCCCN3CCN(c4cccc5c4C(=O)N([C@@H]4CCC(=O)NC4=O)C5=O)CC3)C2)c1. The minimum absolute atomic E-state index is 0.0348. The van der Waals surface area contributed by atoms with Crippen LogP contribution in [0.3, 0.4) is 0 Å². The number of piperidine rings is 1. The Hall–Kier alpha value is -4.85. The molecule has 48 heavy (non-hydrogen) atoms. The number of anilines is 1. The first-order chi connectivity index (χ1) is 23.1. The van der Waals surface area contributed by atoms with Crippen molar-refractivity contribution in [2.24, 2.45) is 0 Å². The Labute approximate surface area is 277 Å². The summed E-state index contributed by atoms with van der Waals surface area (Å²) in [6.45, 7) is 4.54. The number of rotatable bonds is 10. The highest BCUT2D eigenvalue weighted by molar-refractivity contribution is 6.25. The van der Waals surface area contributed by atoms with Crippen LogP contribution in [0.2, 0.25) is 0 Å². The summed E-state index contributed by atoms with van der Waals surface area (Å²) in [6.07, 6.45) is 2.75. The summed E-state index contributed by atoms with van der Waals surface area (Å²) >= 11 is 0. The summed E-state index contributed by atoms with van der Waals surface area (Å²) in [4.78, 5) is 83.3. The molecule has 4 heterocycles. The van der Waals surface area contributed by atoms with E-state index in [1.165, 1.54) is 25.3 Å². The van der Waals surface area contributed by atoms with Crippen molar-refractivity contribution in [3.8, 4) is 5.75 Å². The van der Waals surface area contributed by atoms with E-state index >= 15 is 0 Å². The topological polar surface area (TPSA) is 149 Å². The number of carbonyl (C=O) groups excluding carboxylic acids is 6. The van der Waals surface area contributed by atoms with Crippen molar-refractivity contribution in [1.29, 1.82) is 0 Å². The molecule has 14 heteroatoms. The van der Waals surface area contributed by atoms with Crippen molar-refractivity contribution >= 4 is 41.1 Å². The van der Waals surface area contributed by atoms with E-state index in [1.807, 2.05) is 6.07 Å². The second kappa shape index (κ2) is 14.1. The molecular formula is C34H39FN6O7. The Morgan fingerprint density at radius 1 is 0.979 bits per heavy atom. The number of nitrogens with zero attached hydrogens (tertiary/aromatic N) is 4. The fourth-order valence-electron chi connectivity index (χ4n) is 6.92. The molecule has 254 valence electrons. The third-order valence-electron chi connectivity index (χ3n) is 9.57. The predicted molar refractivity (Wildman–Crippen MR) is 171 cm³/mol. The van der Waals surface area contributed by atoms with Crippen LogP contribution in [0.15, 0.2) is 36.4 Å². The number of imide groups is 2. The van der Waals surface area contributed by atoms with Crippen molar-refractivity contribution in [1.82, 2.24) is 25.3 Å². The van der Waals surface area contributed by atoms with Gasteiger partial charge in [-0.05, 0) is 62.6 Å². The van der Waals surface area contributed by atoms with Gasteiger partial charge in [0.1, 0.15) is 17.6 Å². The summed E-state index contributed by atoms with van der Waals surface area (Å²) < 4.78 is 19.3. The van der Waals surface area contributed by atoms with Gasteiger partial charge in [-0.15, -0.1) is 0 Å². The zero-order valence-electron chi connectivity index (χ0n) is 26.8. The van der Waals surface area contributed by atoms with Gasteiger partial charge in [-0.1, -0.05) is 6.07 Å². The van der Waals surface area contributed by atoms with Gasteiger partial charge < -0.3 is 19.9 Å². The summed E-state index contributed by atoms with van der Waals surface area (Å²) in [5, 5.41) is 5.06. The van der Waals surface area contributed by atoms with Gasteiger partial charge in [0.25, 0.3) is 17.7 Å². The van der Waals surface area contributed by atoms with E-state index in [0.29, 0.717) is 56.0 Å². The first kappa shape index (κ1) is 33.1. The molecule has 2 N–H and O–H groups in total. The minimum Gasteiger partial charge on any atom is -0.497 e. The first-order valence-electron chi connectivity index (χ1n) is 16.4. The molecule has 0 aliphatic carbocycles. The van der Waals surface area contributed by atoms with Gasteiger partial charge in [-0.2, -0.15) is 0 Å². The molecule has 0 bridgehead atoms. The lowest BCUT2D eigenvalue weighted by molar-refractivity contribution is -0.136. The van der Waals surface area contributed by atoms with Crippen LogP contribution in [-0.2, 0) is 14.4 Å². The van der Waals surface area contributed by atoms with Gasteiger partial charge in [-0.25, -0.2) is 4.39 Å². The van der Waals surface area contributed by atoms with Crippen LogP contribution >= 0.6 is 0 Å². The van der Waals surface area contributed by atoms with E-state index in [2.05, 4.69) is 20.4 Å². The molecule has 4 aliphatic rings. The molecule has 2 aromatic carbocycles. The molecule has 0 unspecified atom stereocenters. The van der Waals surface area contributed by atoms with E-state index < -0.39 is 41.4 Å². The van der Waals surface area contributed by atoms with Crippen molar-refractivity contribution in [2.45, 2.75) is 50.6 Å². The van der Waals surface area contributed by atoms with Crippen LogP contribution in [0, 0.1) is 5.82 Å². The quantitative estimate of drug-likeness (QED) is 0.286. The van der Waals surface area contributed by atoms with Gasteiger partial charge in [0.2, 0.25) is 17.7 Å². The maximum atomic E-state index is 14.2. The molecule has 0 saturated carbocycles. The molecule has 3 fully saturated rings. The van der Waals surface area contributed by atoms with Crippen LogP contribution in [0.25, 0.3) is 0 Å². The maximum Gasteiger partial charge on any atom is 0.264 e. The Morgan fingerprint density at radius 2 is 1.77 bits per heavy atom. The fourth-order valence-corrected chi connectivity index (χ4v) is 6.92. The van der Waals surface area contributed by atoms with Gasteiger partial charge in [-0.3, -0.25) is 43.9 Å². The summed E-state index contributed by atoms with van der Waals surface area (Å²) in [5.41, 5.74) is 1.15. The number of carbonyl (C=O) groups is 6. The third kappa shape index (κ3) is 6.75. The third-order valence-corrected chi connectivity index (χ3v) is 9.57. The molecule has 0 aromatic heterocycles. The molecule has 13 nitrogen and oxygen atoms in total. The normalized spacial score (nSPS) is 21.4. The Morgan fingerprint density at radius 3 is 2.52 bits per heavy atom. The van der Waals surface area contributed by atoms with E-state index in [4.69, 9.17) is 4.74 Å². The van der Waals surface area contributed by atoms with Crippen molar-refractivity contribution in [3.05, 3.63) is 58.9 Å². The number of hydrogen-bond acceptors (Lipinski definition) is 9. The number of unbranched alkanes of at least 4 members (excludes halogenated alkanes) is 1. The number of amides is 6. The molecule has 3 saturated heterocycles. The molecule has 2 atom stereocenters. The first-order valence-corrected chi connectivity index (χ1v) is 16.4. The Kier molecular flexibility index (Phi) is 9.71. The van der Waals surface area contributed by atoms with Gasteiger partial charge in [0, 0.05) is 58.2 Å². The molecular weight excluding hydrogens is 623 g/mol. The highest BCUT2D eigenvalue weighted by Gasteiger charge is 2.46. The monoisotopic (exact) mass is 662 g/mol. The fraction of sp³-hybridized carbons (Fsp3) is 0.471. The van der Waals surface area contributed by atoms with E-state index in [0.717, 1.165) is 37.4 Å². The molecule has 2 aromatic rings. The lowest BCUT2D eigenvalue weighted by atomic mass is 10.0. The van der Waals surface area contributed by atoms with Crippen LogP contribution in [-0.4, -0.2) is 115 Å². The average Bonchev–Trinajstić information content (AvgIpc) is 3.65. The molecule has 0 radical (unpaired) electrons. The summed E-state index contributed by atoms with van der Waals surface area (Å²) in [6, 6.07) is 7.92. The van der Waals surface area contributed by atoms with Crippen LogP contribution in [0.5, 0.6) is 5.75 Å². The largest absolute Gasteiger partial charge is 0.497 e. The number of methoxy groups -OCH3 is 1. The average molecular weight is 663 g/mol. The zero-order valence-corrected chi connectivity index (χ0v) is 26.8. The maximum absolute atomic E-state index is 14.2. The van der Waals surface area contributed by atoms with Gasteiger partial charge in [0.15, 0.2) is 0 Å². The molecule has 0 spiro atoms. The molecule has 6 amide bonds. The van der Waals surface area contributed by atoms with Gasteiger partial charge in [0.05, 0.1) is 29.5 Å². The number of likely N-dealkylation sites (tertiary alicyclic amines) is 1. The molecule has 4 aliphatic heterocycles. The van der Waals surface area contributed by atoms with E-state index in [-0.39, 0.29) is 35.9 Å². The highest BCUT2D eigenvalue weighted by Crippen LogP contribution is 2.34. The number of halogens is 1. The van der Waals surface area contributed by atoms with Crippen molar-refractivity contribution in [2.75, 3.05) is 57.8 Å². The number of nitrogens with one attached hydrogen (secondary N) is 2. The van der Waals surface area contributed by atoms with Crippen molar-refractivity contribution < 1.29 is 37.9 Å². The van der Waals surface area contributed by atoms with E-state index in [1.54, 1.807) is 17.0 Å². The zero-order chi connectivity index (χ0) is 33.9.